The summed E-state index contributed by atoms with van der Waals surface area (Å²) in [7, 11) is 0. The smallest absolute Gasteiger partial charge is 0.409 e. The summed E-state index contributed by atoms with van der Waals surface area (Å²) in [4.78, 5) is 36.4. The number of hydrogen-bond acceptors (Lipinski definition) is 6. The molecule has 2 amide bonds. The number of piperazine rings is 1. The molecule has 2 fully saturated rings. The zero-order valence-corrected chi connectivity index (χ0v) is 14.1. The number of ether oxygens (including phenoxy) is 1. The van der Waals surface area contributed by atoms with Crippen LogP contribution >= 0.6 is 0 Å². The molecule has 1 aromatic rings. The Balaban J connectivity index is 1.62. The predicted molar refractivity (Wildman–Crippen MR) is 87.9 cm³/mol. The Morgan fingerprint density at radius 1 is 1.21 bits per heavy atom. The summed E-state index contributed by atoms with van der Waals surface area (Å²) < 4.78 is 4.99. The topological polar surface area (TPSA) is 87.7 Å². The van der Waals surface area contributed by atoms with E-state index in [0.29, 0.717) is 50.5 Å². The maximum Gasteiger partial charge on any atom is 0.409 e. The van der Waals surface area contributed by atoms with Crippen LogP contribution in [0, 0.1) is 6.92 Å². The highest BCUT2D eigenvalue weighted by Crippen LogP contribution is 2.23. The molecule has 2 heterocycles. The van der Waals surface area contributed by atoms with E-state index in [1.807, 2.05) is 6.92 Å². The van der Waals surface area contributed by atoms with Crippen LogP contribution in [0.25, 0.3) is 0 Å². The first-order chi connectivity index (χ1) is 11.6. The first kappa shape index (κ1) is 16.5. The average Bonchev–Trinajstić information content (AvgIpc) is 3.38. The Labute approximate surface area is 141 Å². The van der Waals surface area contributed by atoms with E-state index in [2.05, 4.69) is 15.3 Å². The lowest BCUT2D eigenvalue weighted by molar-refractivity contribution is 0.0566. The maximum atomic E-state index is 12.7. The van der Waals surface area contributed by atoms with Crippen molar-refractivity contribution in [1.29, 1.82) is 0 Å². The zero-order valence-electron chi connectivity index (χ0n) is 14.1. The quantitative estimate of drug-likeness (QED) is 0.893. The van der Waals surface area contributed by atoms with Crippen molar-refractivity contribution in [2.45, 2.75) is 32.7 Å². The maximum absolute atomic E-state index is 12.7. The monoisotopic (exact) mass is 333 g/mol. The molecule has 1 aromatic heterocycles. The van der Waals surface area contributed by atoms with Gasteiger partial charge in [-0.05, 0) is 32.8 Å². The third-order valence-corrected chi connectivity index (χ3v) is 4.08. The van der Waals surface area contributed by atoms with Gasteiger partial charge >= 0.3 is 6.09 Å². The van der Waals surface area contributed by atoms with E-state index < -0.39 is 0 Å². The zero-order chi connectivity index (χ0) is 17.1. The van der Waals surface area contributed by atoms with Gasteiger partial charge in [-0.25, -0.2) is 14.8 Å². The molecule has 1 N–H and O–H groups in total. The lowest BCUT2D eigenvalue weighted by Gasteiger charge is -2.33. The molecule has 1 saturated heterocycles. The standard InChI is InChI=1S/C16H23N5O3/c1-3-24-16(23)21-8-6-20(7-9-21)14(22)13-10-11(2)17-15(19-13)18-12-4-5-12/h10,12H,3-9H2,1-2H3,(H,17,18,19). The van der Waals surface area contributed by atoms with Crippen molar-refractivity contribution >= 4 is 17.9 Å². The molecule has 8 heteroatoms. The Hall–Kier alpha value is -2.38. The van der Waals surface area contributed by atoms with Gasteiger partial charge in [0.2, 0.25) is 5.95 Å². The fourth-order valence-corrected chi connectivity index (χ4v) is 2.62. The first-order valence-electron chi connectivity index (χ1n) is 8.40. The Morgan fingerprint density at radius 2 is 1.88 bits per heavy atom. The molecule has 2 aliphatic rings. The van der Waals surface area contributed by atoms with Crippen LogP contribution < -0.4 is 5.32 Å². The molecule has 24 heavy (non-hydrogen) atoms. The summed E-state index contributed by atoms with van der Waals surface area (Å²) in [5, 5.41) is 3.23. The summed E-state index contributed by atoms with van der Waals surface area (Å²) in [6, 6.07) is 2.14. The SMILES string of the molecule is CCOC(=O)N1CCN(C(=O)c2cc(C)nc(NC3CC3)n2)CC1. The summed E-state index contributed by atoms with van der Waals surface area (Å²) in [5.41, 5.74) is 1.16. The molecule has 0 unspecified atom stereocenters. The average molecular weight is 333 g/mol. The lowest BCUT2D eigenvalue weighted by atomic mass is 10.2. The second kappa shape index (κ2) is 7.02. The van der Waals surface area contributed by atoms with E-state index >= 15 is 0 Å². The lowest BCUT2D eigenvalue weighted by Crippen LogP contribution is -2.50. The van der Waals surface area contributed by atoms with Crippen molar-refractivity contribution in [2.75, 3.05) is 38.1 Å². The molecule has 1 aliphatic carbocycles. The van der Waals surface area contributed by atoms with Crippen molar-refractivity contribution in [3.8, 4) is 0 Å². The molecule has 1 aliphatic heterocycles. The molecule has 0 bridgehead atoms. The first-order valence-corrected chi connectivity index (χ1v) is 8.40. The van der Waals surface area contributed by atoms with E-state index in [0.717, 1.165) is 18.5 Å². The summed E-state index contributed by atoms with van der Waals surface area (Å²) in [6.45, 7) is 5.90. The van der Waals surface area contributed by atoms with Gasteiger partial charge in [0.15, 0.2) is 0 Å². The Morgan fingerprint density at radius 3 is 2.50 bits per heavy atom. The van der Waals surface area contributed by atoms with Crippen molar-refractivity contribution in [1.82, 2.24) is 19.8 Å². The Bertz CT molecular complexity index is 624. The van der Waals surface area contributed by atoms with Gasteiger partial charge < -0.3 is 19.9 Å². The normalized spacial score (nSPS) is 17.6. The van der Waals surface area contributed by atoms with Crippen LogP contribution in [0.1, 0.15) is 35.9 Å². The second-order valence-electron chi connectivity index (χ2n) is 6.11. The molecule has 0 aromatic carbocycles. The van der Waals surface area contributed by atoms with Crippen molar-refractivity contribution in [3.05, 3.63) is 17.5 Å². The number of nitrogens with zero attached hydrogens (tertiary/aromatic N) is 4. The summed E-state index contributed by atoms with van der Waals surface area (Å²) in [5.74, 6) is 0.397. The fraction of sp³-hybridized carbons (Fsp3) is 0.625. The number of carbonyl (C=O) groups excluding carboxylic acids is 2. The predicted octanol–water partition coefficient (Wildman–Crippen LogP) is 1.27. The van der Waals surface area contributed by atoms with Crippen LogP contribution in [0.5, 0.6) is 0 Å². The van der Waals surface area contributed by atoms with Crippen molar-refractivity contribution in [3.63, 3.8) is 0 Å². The molecule has 130 valence electrons. The van der Waals surface area contributed by atoms with E-state index in [1.54, 1.807) is 22.8 Å². The third-order valence-electron chi connectivity index (χ3n) is 4.08. The second-order valence-corrected chi connectivity index (χ2v) is 6.11. The van der Waals surface area contributed by atoms with Gasteiger partial charge in [-0.1, -0.05) is 0 Å². The number of hydrogen-bond donors (Lipinski definition) is 1. The highest BCUT2D eigenvalue weighted by molar-refractivity contribution is 5.92. The minimum absolute atomic E-state index is 0.122. The number of carbonyl (C=O) groups is 2. The minimum Gasteiger partial charge on any atom is -0.450 e. The van der Waals surface area contributed by atoms with Crippen molar-refractivity contribution < 1.29 is 14.3 Å². The van der Waals surface area contributed by atoms with Crippen molar-refractivity contribution in [2.24, 2.45) is 0 Å². The molecule has 1 saturated carbocycles. The van der Waals surface area contributed by atoms with Gasteiger partial charge in [-0.3, -0.25) is 4.79 Å². The number of amides is 2. The molecule has 8 nitrogen and oxygen atoms in total. The van der Waals surface area contributed by atoms with E-state index in [1.165, 1.54) is 0 Å². The largest absolute Gasteiger partial charge is 0.450 e. The minimum atomic E-state index is -0.321. The van der Waals surface area contributed by atoms with Gasteiger partial charge in [0.1, 0.15) is 5.69 Å². The summed E-state index contributed by atoms with van der Waals surface area (Å²) >= 11 is 0. The van der Waals surface area contributed by atoms with Crippen LogP contribution in [0.3, 0.4) is 0 Å². The highest BCUT2D eigenvalue weighted by atomic mass is 16.6. The van der Waals surface area contributed by atoms with Gasteiger partial charge in [-0.2, -0.15) is 0 Å². The van der Waals surface area contributed by atoms with Crippen LogP contribution in [0.15, 0.2) is 6.07 Å². The molecular weight excluding hydrogens is 310 g/mol. The molecule has 0 spiro atoms. The molecular formula is C16H23N5O3. The molecule has 3 rings (SSSR count). The number of aryl methyl sites for hydroxylation is 1. The van der Waals surface area contributed by atoms with E-state index in [-0.39, 0.29) is 12.0 Å². The van der Waals surface area contributed by atoms with Crippen LogP contribution in [-0.2, 0) is 4.74 Å². The number of nitrogens with one attached hydrogen (secondary N) is 1. The van der Waals surface area contributed by atoms with Gasteiger partial charge in [0, 0.05) is 37.9 Å². The van der Waals surface area contributed by atoms with Gasteiger partial charge in [0.25, 0.3) is 5.91 Å². The third kappa shape index (κ3) is 3.93. The van der Waals surface area contributed by atoms with Crippen LogP contribution in [0.2, 0.25) is 0 Å². The number of anilines is 1. The fourth-order valence-electron chi connectivity index (χ4n) is 2.62. The molecule has 0 radical (unpaired) electrons. The van der Waals surface area contributed by atoms with E-state index in [9.17, 15) is 9.59 Å². The van der Waals surface area contributed by atoms with Crippen LogP contribution in [-0.4, -0.2) is 70.6 Å². The van der Waals surface area contributed by atoms with E-state index in [4.69, 9.17) is 4.74 Å². The van der Waals surface area contributed by atoms with Gasteiger partial charge in [-0.15, -0.1) is 0 Å². The molecule has 0 atom stereocenters. The van der Waals surface area contributed by atoms with Gasteiger partial charge in [0.05, 0.1) is 6.61 Å². The number of aromatic nitrogens is 2. The number of rotatable bonds is 4. The Kier molecular flexibility index (Phi) is 4.82. The summed E-state index contributed by atoms with van der Waals surface area (Å²) in [6.07, 6.45) is 1.92. The highest BCUT2D eigenvalue weighted by Gasteiger charge is 2.27. The van der Waals surface area contributed by atoms with Crippen LogP contribution in [0.4, 0.5) is 10.7 Å².